The van der Waals surface area contributed by atoms with Crippen molar-refractivity contribution in [3.05, 3.63) is 0 Å². The fourth-order valence-corrected chi connectivity index (χ4v) is 2.12. The Morgan fingerprint density at radius 2 is 2.30 bits per heavy atom. The highest BCUT2D eigenvalue weighted by atomic mass is 32.2. The topological polar surface area (TPSA) is 46.2 Å². The minimum Gasteiger partial charge on any atom is -0.295 e. The average molecular weight is 157 g/mol. The first-order valence-electron chi connectivity index (χ1n) is 3.26. The Bertz CT molecular complexity index is 204. The van der Waals surface area contributed by atoms with E-state index in [1.807, 2.05) is 0 Å². The molecule has 0 aromatic carbocycles. The van der Waals surface area contributed by atoms with Crippen molar-refractivity contribution in [3.8, 4) is 0 Å². The van der Waals surface area contributed by atoms with Crippen LogP contribution in [0.2, 0.25) is 0 Å². The Kier molecular flexibility index (Phi) is 1.23. The van der Waals surface area contributed by atoms with E-state index in [4.69, 9.17) is 0 Å². The van der Waals surface area contributed by atoms with Gasteiger partial charge in [-0.15, -0.1) is 11.8 Å². The summed E-state index contributed by atoms with van der Waals surface area (Å²) in [6, 6.07) is 0. The van der Waals surface area contributed by atoms with Crippen LogP contribution >= 0.6 is 11.8 Å². The molecule has 0 bridgehead atoms. The molecule has 0 aromatic rings. The Balaban J connectivity index is 2.10. The first-order valence-corrected chi connectivity index (χ1v) is 4.21. The lowest BCUT2D eigenvalue weighted by molar-refractivity contribution is -0.128. The van der Waals surface area contributed by atoms with Gasteiger partial charge < -0.3 is 0 Å². The minimum atomic E-state index is -0.113. The third-order valence-electron chi connectivity index (χ3n) is 1.76. The van der Waals surface area contributed by atoms with Crippen LogP contribution in [-0.4, -0.2) is 22.3 Å². The summed E-state index contributed by atoms with van der Waals surface area (Å²) in [6.07, 6.45) is 1.38. The normalized spacial score (nSPS) is 38.0. The smallest absolute Gasteiger partial charge is 0.240 e. The van der Waals surface area contributed by atoms with E-state index in [0.717, 1.165) is 6.42 Å². The number of amides is 2. The predicted molar refractivity (Wildman–Crippen MR) is 37.6 cm³/mol. The third-order valence-corrected chi connectivity index (χ3v) is 3.14. The highest BCUT2D eigenvalue weighted by Gasteiger charge is 2.46. The van der Waals surface area contributed by atoms with Gasteiger partial charge >= 0.3 is 0 Å². The minimum absolute atomic E-state index is 0.0856. The molecule has 2 fully saturated rings. The van der Waals surface area contributed by atoms with Crippen LogP contribution in [0.1, 0.15) is 12.8 Å². The van der Waals surface area contributed by atoms with Crippen LogP contribution in [0.25, 0.3) is 0 Å². The number of carbonyl (C=O) groups is 2. The molecule has 2 aliphatic rings. The van der Waals surface area contributed by atoms with Crippen molar-refractivity contribution in [1.29, 1.82) is 0 Å². The molecule has 2 atom stereocenters. The number of imide groups is 1. The van der Waals surface area contributed by atoms with Gasteiger partial charge in [0, 0.05) is 11.7 Å². The van der Waals surface area contributed by atoms with Crippen molar-refractivity contribution >= 4 is 23.6 Å². The lowest BCUT2D eigenvalue weighted by Gasteiger charge is -1.95. The van der Waals surface area contributed by atoms with Crippen LogP contribution in [0.15, 0.2) is 0 Å². The van der Waals surface area contributed by atoms with Gasteiger partial charge in [0.25, 0.3) is 0 Å². The van der Waals surface area contributed by atoms with E-state index >= 15 is 0 Å². The first-order chi connectivity index (χ1) is 4.77. The van der Waals surface area contributed by atoms with Crippen molar-refractivity contribution in [2.24, 2.45) is 0 Å². The first kappa shape index (κ1) is 6.22. The second kappa shape index (κ2) is 1.99. The molecule has 2 aliphatic heterocycles. The van der Waals surface area contributed by atoms with Gasteiger partial charge in [-0.1, -0.05) is 0 Å². The van der Waals surface area contributed by atoms with Gasteiger partial charge in [0.15, 0.2) is 0 Å². The van der Waals surface area contributed by atoms with E-state index in [1.165, 1.54) is 0 Å². The summed E-state index contributed by atoms with van der Waals surface area (Å²) in [5, 5.41) is 2.86. The molecule has 2 unspecified atom stereocenters. The van der Waals surface area contributed by atoms with E-state index in [2.05, 4.69) is 5.32 Å². The molecule has 0 radical (unpaired) electrons. The highest BCUT2D eigenvalue weighted by molar-refractivity contribution is 8.08. The molecule has 2 heterocycles. The third kappa shape index (κ3) is 0.923. The van der Waals surface area contributed by atoms with E-state index in [1.54, 1.807) is 11.8 Å². The maximum atomic E-state index is 10.9. The molecular weight excluding hydrogens is 150 g/mol. The molecule has 54 valence electrons. The number of hydrogen-bond donors (Lipinski definition) is 1. The fourth-order valence-electron chi connectivity index (χ4n) is 1.14. The molecule has 2 rings (SSSR count). The van der Waals surface area contributed by atoms with Crippen LogP contribution in [0.4, 0.5) is 0 Å². The molecule has 0 aromatic heterocycles. The lowest BCUT2D eigenvalue weighted by Crippen LogP contribution is -2.31. The van der Waals surface area contributed by atoms with Crippen LogP contribution in [0, 0.1) is 0 Å². The van der Waals surface area contributed by atoms with Gasteiger partial charge in [0.05, 0.1) is 5.25 Å². The predicted octanol–water partition coefficient (Wildman–Crippen LogP) is -0.0930. The summed E-state index contributed by atoms with van der Waals surface area (Å²) in [6.45, 7) is 0. The molecular formula is C6H7NO2S. The average Bonchev–Trinajstić information content (AvgIpc) is 2.59. The fraction of sp³-hybridized carbons (Fsp3) is 0.667. The lowest BCUT2D eigenvalue weighted by atomic mass is 10.2. The molecule has 2 amide bonds. The second-order valence-corrected chi connectivity index (χ2v) is 3.93. The van der Waals surface area contributed by atoms with Crippen molar-refractivity contribution in [3.63, 3.8) is 0 Å². The maximum absolute atomic E-state index is 10.9. The molecule has 3 nitrogen and oxygen atoms in total. The summed E-state index contributed by atoms with van der Waals surface area (Å²) < 4.78 is 0. The zero-order chi connectivity index (χ0) is 7.14. The summed E-state index contributed by atoms with van der Waals surface area (Å²) in [7, 11) is 0. The van der Waals surface area contributed by atoms with Crippen molar-refractivity contribution in [2.75, 3.05) is 0 Å². The van der Waals surface area contributed by atoms with E-state index in [9.17, 15) is 9.59 Å². The molecule has 1 N–H and O–H groups in total. The van der Waals surface area contributed by atoms with Crippen LogP contribution < -0.4 is 5.32 Å². The van der Waals surface area contributed by atoms with Gasteiger partial charge in [0.1, 0.15) is 0 Å². The van der Waals surface area contributed by atoms with Gasteiger partial charge in [-0.3, -0.25) is 14.9 Å². The van der Waals surface area contributed by atoms with E-state index in [0.29, 0.717) is 11.7 Å². The molecule has 10 heavy (non-hydrogen) atoms. The Hall–Kier alpha value is -0.510. The molecule has 0 spiro atoms. The molecule has 0 saturated carbocycles. The Morgan fingerprint density at radius 1 is 1.50 bits per heavy atom. The summed E-state index contributed by atoms with van der Waals surface area (Å²) in [5.41, 5.74) is 0. The van der Waals surface area contributed by atoms with Crippen LogP contribution in [0.3, 0.4) is 0 Å². The van der Waals surface area contributed by atoms with Gasteiger partial charge in [-0.05, 0) is 6.42 Å². The van der Waals surface area contributed by atoms with Crippen LogP contribution in [-0.2, 0) is 9.59 Å². The molecule has 4 heteroatoms. The standard InChI is InChI=1S/C6H7NO2S/c8-4-2-1-3-5(10-3)6(9)7-4/h3,5H,1-2H2,(H,7,8,9). The zero-order valence-electron chi connectivity index (χ0n) is 5.29. The van der Waals surface area contributed by atoms with Gasteiger partial charge in [0.2, 0.25) is 11.8 Å². The number of carbonyl (C=O) groups excluding carboxylic acids is 2. The monoisotopic (exact) mass is 157 g/mol. The maximum Gasteiger partial charge on any atom is 0.240 e. The Labute approximate surface area is 62.5 Å². The SMILES string of the molecule is O=C1CCC2SC2C(=O)N1. The number of fused-ring (bicyclic) bond motifs is 1. The Morgan fingerprint density at radius 3 is 3.10 bits per heavy atom. The zero-order valence-corrected chi connectivity index (χ0v) is 6.11. The molecule has 2 saturated heterocycles. The van der Waals surface area contributed by atoms with Crippen molar-refractivity contribution in [2.45, 2.75) is 23.3 Å². The largest absolute Gasteiger partial charge is 0.295 e. The number of rotatable bonds is 0. The van der Waals surface area contributed by atoms with Crippen molar-refractivity contribution < 1.29 is 9.59 Å². The summed E-state index contributed by atoms with van der Waals surface area (Å²) in [5.74, 6) is -0.199. The highest BCUT2D eigenvalue weighted by Crippen LogP contribution is 2.45. The number of hydrogen-bond acceptors (Lipinski definition) is 3. The van der Waals surface area contributed by atoms with Gasteiger partial charge in [-0.25, -0.2) is 0 Å². The van der Waals surface area contributed by atoms with Crippen LogP contribution in [0.5, 0.6) is 0 Å². The van der Waals surface area contributed by atoms with E-state index in [-0.39, 0.29) is 17.1 Å². The quantitative estimate of drug-likeness (QED) is 0.395. The number of nitrogens with one attached hydrogen (secondary N) is 1. The summed E-state index contributed by atoms with van der Waals surface area (Å²) in [4.78, 5) is 21.6. The summed E-state index contributed by atoms with van der Waals surface area (Å²) >= 11 is 1.66. The van der Waals surface area contributed by atoms with Crippen molar-refractivity contribution in [1.82, 2.24) is 5.32 Å². The number of thioether (sulfide) groups is 1. The van der Waals surface area contributed by atoms with Gasteiger partial charge in [-0.2, -0.15) is 0 Å². The second-order valence-electron chi connectivity index (χ2n) is 2.55. The van der Waals surface area contributed by atoms with E-state index < -0.39 is 0 Å². The molecule has 0 aliphatic carbocycles.